The second-order valence-corrected chi connectivity index (χ2v) is 8.77. The molecule has 2 atom stereocenters. The van der Waals surface area contributed by atoms with Crippen LogP contribution in [0.5, 0.6) is 0 Å². The Bertz CT molecular complexity index is 471. The second-order valence-electron chi connectivity index (χ2n) is 7.21. The fourth-order valence-electron chi connectivity index (χ4n) is 3.57. The number of rotatable bonds is 6. The fourth-order valence-corrected chi connectivity index (χ4v) is 3.57. The third-order valence-electron chi connectivity index (χ3n) is 4.46. The molecule has 0 aromatic heterocycles. The summed E-state index contributed by atoms with van der Waals surface area (Å²) >= 11 is 0.500. The Kier molecular flexibility index (Phi) is 9.31. The zero-order chi connectivity index (χ0) is 18.0. The summed E-state index contributed by atoms with van der Waals surface area (Å²) in [6.07, 6.45) is 4.28. The molecule has 1 aromatic rings. The summed E-state index contributed by atoms with van der Waals surface area (Å²) in [4.78, 5) is 21.9. The normalized spacial score (nSPS) is 24.8. The van der Waals surface area contributed by atoms with Gasteiger partial charge in [0.05, 0.1) is 0 Å². The molecule has 0 saturated heterocycles. The number of carbonyl (C=O) groups excluding carboxylic acids is 2. The molecule has 2 rings (SSSR count). The average Bonchev–Trinajstić information content (AvgIpc) is 2.52. The molecule has 0 spiro atoms. The third-order valence-corrected chi connectivity index (χ3v) is 4.46. The van der Waals surface area contributed by atoms with Gasteiger partial charge in [0.2, 0.25) is 12.8 Å². The summed E-state index contributed by atoms with van der Waals surface area (Å²) < 4.78 is 0. The summed E-state index contributed by atoms with van der Waals surface area (Å²) in [7, 11) is 0. The molecule has 2 unspecified atom stereocenters. The van der Waals surface area contributed by atoms with Crippen molar-refractivity contribution < 1.29 is 28.7 Å². The van der Waals surface area contributed by atoms with Gasteiger partial charge in [0.1, 0.15) is 0 Å². The Labute approximate surface area is 155 Å². The van der Waals surface area contributed by atoms with Crippen molar-refractivity contribution in [2.75, 3.05) is 0 Å². The van der Waals surface area contributed by atoms with Crippen molar-refractivity contribution in [3.05, 3.63) is 35.9 Å². The third kappa shape index (κ3) is 6.78. The van der Waals surface area contributed by atoms with Crippen molar-refractivity contribution in [2.24, 2.45) is 11.3 Å². The summed E-state index contributed by atoms with van der Waals surface area (Å²) in [5.41, 5.74) is 1.34. The van der Waals surface area contributed by atoms with E-state index in [4.69, 9.17) is 0 Å². The van der Waals surface area contributed by atoms with Crippen LogP contribution < -0.4 is 10.6 Å². The van der Waals surface area contributed by atoms with Gasteiger partial charge in [-0.25, -0.2) is 0 Å². The molecular formula is C19H30N2O2Ti. The van der Waals surface area contributed by atoms with Crippen LogP contribution in [0.25, 0.3) is 0 Å². The van der Waals surface area contributed by atoms with E-state index >= 15 is 0 Å². The van der Waals surface area contributed by atoms with E-state index < -0.39 is 0 Å². The Morgan fingerprint density at radius 3 is 1.92 bits per heavy atom. The van der Waals surface area contributed by atoms with Crippen LogP contribution in [0, 0.1) is 11.3 Å². The minimum atomic E-state index is 0.0870. The van der Waals surface area contributed by atoms with Crippen molar-refractivity contribution in [1.82, 2.24) is 10.6 Å². The Hall–Kier alpha value is -1.13. The first kappa shape index (κ1) is 20.9. The van der Waals surface area contributed by atoms with Gasteiger partial charge in [-0.3, -0.25) is 9.59 Å². The molecule has 1 aliphatic rings. The van der Waals surface area contributed by atoms with Gasteiger partial charge < -0.3 is 10.6 Å². The van der Waals surface area contributed by atoms with Crippen molar-refractivity contribution in [2.45, 2.75) is 55.7 Å². The summed E-state index contributed by atoms with van der Waals surface area (Å²) in [6, 6.07) is 10.4. The van der Waals surface area contributed by atoms with Gasteiger partial charge in [-0.05, 0) is 30.2 Å². The molecule has 4 nitrogen and oxygen atoms in total. The summed E-state index contributed by atoms with van der Waals surface area (Å²) in [5.74, 6) is 0.218. The molecule has 0 bridgehead atoms. The van der Waals surface area contributed by atoms with Gasteiger partial charge >= 0.3 is 29.6 Å². The van der Waals surface area contributed by atoms with Gasteiger partial charge in [-0.2, -0.15) is 0 Å². The van der Waals surface area contributed by atoms with Crippen LogP contribution in [0.2, 0.25) is 10.5 Å². The summed E-state index contributed by atoms with van der Waals surface area (Å²) in [6.45, 7) is 4.37. The number of hydrogen-bond donors (Lipinski definition) is 2. The predicted molar refractivity (Wildman–Crippen MR) is 94.4 cm³/mol. The molecule has 1 fully saturated rings. The molecule has 2 amide bonds. The molecule has 5 heteroatoms. The van der Waals surface area contributed by atoms with Crippen molar-refractivity contribution in [1.29, 1.82) is 0 Å². The van der Waals surface area contributed by atoms with Gasteiger partial charge in [0.25, 0.3) is 0 Å². The van der Waals surface area contributed by atoms with Crippen LogP contribution in [0.4, 0.5) is 0 Å². The van der Waals surface area contributed by atoms with Crippen LogP contribution >= 0.6 is 0 Å². The predicted octanol–water partition coefficient (Wildman–Crippen LogP) is 3.06. The van der Waals surface area contributed by atoms with E-state index in [9.17, 15) is 9.59 Å². The van der Waals surface area contributed by atoms with Gasteiger partial charge in [0.15, 0.2) is 0 Å². The maximum atomic E-state index is 10.9. The number of hydrogen-bond acceptors (Lipinski definition) is 2. The van der Waals surface area contributed by atoms with E-state index in [0.717, 1.165) is 32.1 Å². The number of benzene rings is 1. The van der Waals surface area contributed by atoms with Crippen LogP contribution in [0.3, 0.4) is 0 Å². The molecule has 1 aromatic carbocycles. The van der Waals surface area contributed by atoms with Crippen LogP contribution in [-0.2, 0) is 35.2 Å². The topological polar surface area (TPSA) is 58.2 Å². The molecule has 0 heterocycles. The van der Waals surface area contributed by atoms with E-state index in [1.807, 2.05) is 18.2 Å². The van der Waals surface area contributed by atoms with Crippen LogP contribution in [0.1, 0.15) is 32.3 Å². The van der Waals surface area contributed by atoms with E-state index in [2.05, 4.69) is 47.1 Å². The average molecular weight is 366 g/mol. The van der Waals surface area contributed by atoms with Crippen LogP contribution in [0.15, 0.2) is 30.3 Å². The molecule has 0 radical (unpaired) electrons. The van der Waals surface area contributed by atoms with Crippen molar-refractivity contribution in [3.8, 4) is 0 Å². The zero-order valence-corrected chi connectivity index (χ0v) is 16.8. The Morgan fingerprint density at radius 2 is 1.50 bits per heavy atom. The van der Waals surface area contributed by atoms with E-state index in [0.29, 0.717) is 19.2 Å². The van der Waals surface area contributed by atoms with Gasteiger partial charge in [-0.15, -0.1) is 0 Å². The quantitative estimate of drug-likeness (QED) is 0.601. The molecule has 1 aliphatic carbocycles. The monoisotopic (exact) mass is 366 g/mol. The van der Waals surface area contributed by atoms with Crippen molar-refractivity contribution >= 4 is 12.8 Å². The number of amides is 2. The molecule has 24 heavy (non-hydrogen) atoms. The standard InChI is InChI=1S/C17H24N2O2.2CH3.Ti/c1-17(2)9-15(18-11-20)14(16(10-17)19-12-21)8-13-6-4-3-5-7-13;;;/h3-7,11-12,14-16H,8-10H2,1-2H3,(H,18,20)(H,19,21);2*1H3;. The van der Waals surface area contributed by atoms with E-state index in [-0.39, 0.29) is 23.4 Å². The van der Waals surface area contributed by atoms with E-state index in [1.54, 1.807) is 0 Å². The fraction of sp³-hybridized carbons (Fsp3) is 0.579. The molecule has 0 aliphatic heterocycles. The Balaban J connectivity index is 0.000000891. The first-order chi connectivity index (χ1) is 11.5. The SMILES string of the molecule is CC1(C)CC(NC=O)C(Cc2ccccc2)C(NC=O)C1.[CH3][Ti][CH3]. The van der Waals surface area contributed by atoms with Gasteiger partial charge in [-0.1, -0.05) is 44.2 Å². The Morgan fingerprint density at radius 1 is 1.04 bits per heavy atom. The molecule has 2 N–H and O–H groups in total. The van der Waals surface area contributed by atoms with Crippen molar-refractivity contribution in [3.63, 3.8) is 0 Å². The first-order valence-electron chi connectivity index (χ1n) is 8.49. The molecular weight excluding hydrogens is 336 g/mol. The second kappa shape index (κ2) is 10.7. The zero-order valence-electron chi connectivity index (χ0n) is 15.2. The van der Waals surface area contributed by atoms with E-state index in [1.165, 1.54) is 5.56 Å². The minimum absolute atomic E-state index is 0.0870. The van der Waals surface area contributed by atoms with Crippen LogP contribution in [-0.4, -0.2) is 24.9 Å². The summed E-state index contributed by atoms with van der Waals surface area (Å²) in [5, 5.41) is 10.4. The first-order valence-corrected chi connectivity index (χ1v) is 11.6. The maximum absolute atomic E-state index is 10.9. The molecule has 132 valence electrons. The number of carbonyl (C=O) groups is 2. The molecule has 1 saturated carbocycles. The van der Waals surface area contributed by atoms with Gasteiger partial charge in [0, 0.05) is 18.0 Å². The number of nitrogens with one attached hydrogen (secondary N) is 2.